The van der Waals surface area contributed by atoms with Crippen LogP contribution >= 0.6 is 0 Å². The van der Waals surface area contributed by atoms with Gasteiger partial charge in [0.2, 0.25) is 6.29 Å². The number of esters is 1. The molecule has 0 saturated carbocycles. The largest absolute Gasteiger partial charge is 0.508 e. The lowest BCUT2D eigenvalue weighted by molar-refractivity contribution is -0.291. The molecule has 0 bridgehead atoms. The molecule has 126 valence electrons. The Morgan fingerprint density at radius 1 is 1.13 bits per heavy atom. The molecule has 0 radical (unpaired) electrons. The highest BCUT2D eigenvalue weighted by Crippen LogP contribution is 2.22. The molecule has 1 aromatic carbocycles. The molecule has 1 fully saturated rings. The molecule has 0 spiro atoms. The Bertz CT molecular complexity index is 553. The van der Waals surface area contributed by atoms with Crippen molar-refractivity contribution in [1.82, 2.24) is 0 Å². The number of phenols is 1. The maximum Gasteiger partial charge on any atom is 0.333 e. The summed E-state index contributed by atoms with van der Waals surface area (Å²) in [4.78, 5) is 11.7. The van der Waals surface area contributed by atoms with Crippen molar-refractivity contribution in [3.05, 3.63) is 35.9 Å². The topological polar surface area (TPSA) is 137 Å². The Morgan fingerprint density at radius 2 is 1.78 bits per heavy atom. The number of aliphatic hydroxyl groups is 4. The first-order chi connectivity index (χ1) is 10.9. The zero-order valence-corrected chi connectivity index (χ0v) is 12.0. The predicted molar refractivity (Wildman–Crippen MR) is 77.0 cm³/mol. The van der Waals surface area contributed by atoms with Crippen LogP contribution in [0.25, 0.3) is 6.08 Å². The third kappa shape index (κ3) is 4.27. The van der Waals surface area contributed by atoms with Crippen LogP contribution in [0.3, 0.4) is 0 Å². The third-order valence-corrected chi connectivity index (χ3v) is 3.39. The zero-order chi connectivity index (χ0) is 17.0. The molecule has 2 rings (SSSR count). The number of carbonyl (C=O) groups excluding carboxylic acids is 1. The van der Waals surface area contributed by atoms with Crippen molar-refractivity contribution >= 4 is 12.0 Å². The van der Waals surface area contributed by atoms with Crippen molar-refractivity contribution in [2.75, 3.05) is 6.61 Å². The van der Waals surface area contributed by atoms with Gasteiger partial charge in [-0.15, -0.1) is 0 Å². The molecule has 0 unspecified atom stereocenters. The second kappa shape index (κ2) is 7.53. The molecule has 5 atom stereocenters. The van der Waals surface area contributed by atoms with Crippen LogP contribution in [-0.4, -0.2) is 68.8 Å². The van der Waals surface area contributed by atoms with Crippen molar-refractivity contribution < 1.29 is 39.8 Å². The van der Waals surface area contributed by atoms with E-state index in [4.69, 9.17) is 19.7 Å². The lowest BCUT2D eigenvalue weighted by atomic mass is 9.99. The van der Waals surface area contributed by atoms with E-state index in [-0.39, 0.29) is 5.75 Å². The molecule has 0 amide bonds. The SMILES string of the molecule is O=C(C=Cc1ccc(O)cc1)O[C@H]1O[C@H](CO)[C@@H](O)[C@H](O)[C@H]1O. The summed E-state index contributed by atoms with van der Waals surface area (Å²) >= 11 is 0. The van der Waals surface area contributed by atoms with Crippen LogP contribution in [0.1, 0.15) is 5.56 Å². The minimum Gasteiger partial charge on any atom is -0.508 e. The highest BCUT2D eigenvalue weighted by Gasteiger charge is 2.45. The van der Waals surface area contributed by atoms with Gasteiger partial charge >= 0.3 is 5.97 Å². The van der Waals surface area contributed by atoms with Crippen molar-refractivity contribution in [3.63, 3.8) is 0 Å². The maximum absolute atomic E-state index is 11.7. The molecule has 0 aromatic heterocycles. The molecule has 1 heterocycles. The first-order valence-electron chi connectivity index (χ1n) is 6.90. The second-order valence-corrected chi connectivity index (χ2v) is 5.06. The molecule has 8 nitrogen and oxygen atoms in total. The molecule has 1 aromatic rings. The van der Waals surface area contributed by atoms with Crippen LogP contribution in [0.5, 0.6) is 5.75 Å². The molecule has 23 heavy (non-hydrogen) atoms. The summed E-state index contributed by atoms with van der Waals surface area (Å²) in [7, 11) is 0. The van der Waals surface area contributed by atoms with E-state index in [1.165, 1.54) is 18.2 Å². The van der Waals surface area contributed by atoms with Gasteiger partial charge < -0.3 is 35.0 Å². The fraction of sp³-hybridized carbons (Fsp3) is 0.400. The average Bonchev–Trinajstić information content (AvgIpc) is 2.55. The van der Waals surface area contributed by atoms with Crippen LogP contribution in [0.4, 0.5) is 0 Å². The summed E-state index contributed by atoms with van der Waals surface area (Å²) < 4.78 is 9.92. The molecular weight excluding hydrogens is 308 g/mol. The Hall–Kier alpha value is -1.97. The number of ether oxygens (including phenoxy) is 2. The Balaban J connectivity index is 1.97. The summed E-state index contributed by atoms with van der Waals surface area (Å²) in [5.74, 6) is -0.756. The minimum absolute atomic E-state index is 0.0889. The van der Waals surface area contributed by atoms with Crippen LogP contribution in [0, 0.1) is 0 Å². The van der Waals surface area contributed by atoms with Gasteiger partial charge in [-0.3, -0.25) is 0 Å². The summed E-state index contributed by atoms with van der Waals surface area (Å²) in [6.07, 6.45) is -4.93. The van der Waals surface area contributed by atoms with Crippen molar-refractivity contribution in [1.29, 1.82) is 0 Å². The van der Waals surface area contributed by atoms with E-state index in [0.29, 0.717) is 5.56 Å². The molecular formula is C15H18O8. The van der Waals surface area contributed by atoms with Gasteiger partial charge in [-0.25, -0.2) is 4.79 Å². The fourth-order valence-corrected chi connectivity index (χ4v) is 2.07. The Labute approximate surface area is 131 Å². The van der Waals surface area contributed by atoms with Gasteiger partial charge in [-0.05, 0) is 23.8 Å². The van der Waals surface area contributed by atoms with Crippen LogP contribution in [0.2, 0.25) is 0 Å². The predicted octanol–water partition coefficient (Wildman–Crippen LogP) is -1.25. The molecule has 8 heteroatoms. The fourth-order valence-electron chi connectivity index (χ4n) is 2.07. The summed E-state index contributed by atoms with van der Waals surface area (Å²) in [5.41, 5.74) is 0.633. The van der Waals surface area contributed by atoms with E-state index in [9.17, 15) is 20.1 Å². The van der Waals surface area contributed by atoms with Gasteiger partial charge in [0.25, 0.3) is 0 Å². The monoisotopic (exact) mass is 326 g/mol. The van der Waals surface area contributed by atoms with Crippen molar-refractivity contribution in [2.45, 2.75) is 30.7 Å². The summed E-state index contributed by atoms with van der Waals surface area (Å²) in [6, 6.07) is 6.05. The first kappa shape index (κ1) is 17.4. The van der Waals surface area contributed by atoms with E-state index >= 15 is 0 Å². The maximum atomic E-state index is 11.7. The number of rotatable bonds is 4. The lowest BCUT2D eigenvalue weighted by Gasteiger charge is -2.38. The van der Waals surface area contributed by atoms with Gasteiger partial charge in [-0.2, -0.15) is 0 Å². The van der Waals surface area contributed by atoms with Crippen molar-refractivity contribution in [3.8, 4) is 5.75 Å². The molecule has 1 saturated heterocycles. The number of aliphatic hydroxyl groups excluding tert-OH is 4. The van der Waals surface area contributed by atoms with Gasteiger partial charge in [0.1, 0.15) is 30.2 Å². The number of carbonyl (C=O) groups is 1. The normalized spacial score (nSPS) is 31.2. The smallest absolute Gasteiger partial charge is 0.333 e. The molecule has 5 N–H and O–H groups in total. The minimum atomic E-state index is -1.64. The first-order valence-corrected chi connectivity index (χ1v) is 6.90. The highest BCUT2D eigenvalue weighted by molar-refractivity contribution is 5.87. The molecule has 0 aliphatic carbocycles. The van der Waals surface area contributed by atoms with E-state index in [2.05, 4.69) is 0 Å². The number of hydrogen-bond donors (Lipinski definition) is 5. The zero-order valence-electron chi connectivity index (χ0n) is 12.0. The number of aromatic hydroxyl groups is 1. The molecule has 1 aliphatic rings. The molecule has 1 aliphatic heterocycles. The highest BCUT2D eigenvalue weighted by atomic mass is 16.7. The van der Waals surface area contributed by atoms with Gasteiger partial charge in [0.05, 0.1) is 6.61 Å². The van der Waals surface area contributed by atoms with Crippen LogP contribution < -0.4 is 0 Å². The second-order valence-electron chi connectivity index (χ2n) is 5.06. The van der Waals surface area contributed by atoms with Crippen LogP contribution in [-0.2, 0) is 14.3 Å². The third-order valence-electron chi connectivity index (χ3n) is 3.39. The van der Waals surface area contributed by atoms with Gasteiger partial charge in [0.15, 0.2) is 0 Å². The van der Waals surface area contributed by atoms with E-state index in [0.717, 1.165) is 6.08 Å². The standard InChI is InChI=1S/C15H18O8/c16-7-10-12(19)13(20)14(21)15(22-10)23-11(18)6-3-8-1-4-9(17)5-2-8/h1-6,10,12-17,19-21H,7H2/t10-,12-,13+,14-,15-/m1/s1. The average molecular weight is 326 g/mol. The van der Waals surface area contributed by atoms with Gasteiger partial charge in [0, 0.05) is 6.08 Å². The lowest BCUT2D eigenvalue weighted by Crippen LogP contribution is -2.59. The van der Waals surface area contributed by atoms with Gasteiger partial charge in [-0.1, -0.05) is 12.1 Å². The van der Waals surface area contributed by atoms with Crippen LogP contribution in [0.15, 0.2) is 30.3 Å². The summed E-state index contributed by atoms with van der Waals surface area (Å²) in [6.45, 7) is -0.609. The number of hydrogen-bond acceptors (Lipinski definition) is 8. The quantitative estimate of drug-likeness (QED) is 0.342. The Morgan fingerprint density at radius 3 is 2.39 bits per heavy atom. The summed E-state index contributed by atoms with van der Waals surface area (Å²) in [5, 5.41) is 47.1. The number of benzene rings is 1. The van der Waals surface area contributed by atoms with E-state index in [1.807, 2.05) is 0 Å². The van der Waals surface area contributed by atoms with E-state index < -0.39 is 43.3 Å². The number of phenolic OH excluding ortho intramolecular Hbond substituents is 1. The Kier molecular flexibility index (Phi) is 5.69. The van der Waals surface area contributed by atoms with E-state index in [1.54, 1.807) is 12.1 Å². The van der Waals surface area contributed by atoms with Crippen molar-refractivity contribution in [2.24, 2.45) is 0 Å².